The summed E-state index contributed by atoms with van der Waals surface area (Å²) in [5.74, 6) is -0.410. The van der Waals surface area contributed by atoms with Crippen molar-refractivity contribution in [1.82, 2.24) is 9.55 Å². The van der Waals surface area contributed by atoms with Crippen LogP contribution in [0.5, 0.6) is 5.75 Å². The van der Waals surface area contributed by atoms with E-state index in [1.165, 1.54) is 4.57 Å². The van der Waals surface area contributed by atoms with Gasteiger partial charge in [-0.25, -0.2) is 4.79 Å². The molecular formula is C28H28N2O5. The summed E-state index contributed by atoms with van der Waals surface area (Å²) in [5.41, 5.74) is 3.40. The van der Waals surface area contributed by atoms with E-state index in [9.17, 15) is 14.7 Å². The van der Waals surface area contributed by atoms with Crippen molar-refractivity contribution in [3.63, 3.8) is 0 Å². The van der Waals surface area contributed by atoms with Crippen LogP contribution in [0, 0.1) is 6.92 Å². The molecule has 4 aromatic rings. The molecule has 0 amide bonds. The Hall–Kier alpha value is -3.71. The smallest absolute Gasteiger partial charge is 0.339 e. The standard InChI is InChI=1S/C28H28N2O5/c1-15-6-7-17-19(14-15)26(31)30(5)24(25(27(32)33)35-28(2,3)4)22(17)18-8-9-20-21-16(11-13-34-20)10-12-29-23(18)21/h6-10,12,14,25H,11,13H2,1-5H3,(H,32,33)/t25-/m0/s1. The lowest BCUT2D eigenvalue weighted by Crippen LogP contribution is -2.33. The maximum absolute atomic E-state index is 13.5. The molecule has 1 atom stereocenters. The van der Waals surface area contributed by atoms with Gasteiger partial charge in [-0.3, -0.25) is 9.78 Å². The quantitative estimate of drug-likeness (QED) is 0.453. The Bertz CT molecular complexity index is 1550. The molecule has 0 saturated heterocycles. The fraction of sp³-hybridized carbons (Fsp3) is 0.321. The zero-order valence-electron chi connectivity index (χ0n) is 20.5. The second kappa shape index (κ2) is 8.20. The second-order valence-corrected chi connectivity index (χ2v) is 10.0. The van der Waals surface area contributed by atoms with Gasteiger partial charge in [0, 0.05) is 41.6 Å². The number of carbonyl (C=O) groups is 1. The highest BCUT2D eigenvalue weighted by Crippen LogP contribution is 2.43. The monoisotopic (exact) mass is 472 g/mol. The number of carboxylic acids is 1. The Morgan fingerprint density at radius 1 is 1.17 bits per heavy atom. The van der Waals surface area contributed by atoms with Crippen molar-refractivity contribution in [1.29, 1.82) is 0 Å². The minimum atomic E-state index is -1.37. The highest BCUT2D eigenvalue weighted by molar-refractivity contribution is 6.07. The fourth-order valence-electron chi connectivity index (χ4n) is 4.92. The van der Waals surface area contributed by atoms with Gasteiger partial charge in [0.25, 0.3) is 5.56 Å². The van der Waals surface area contributed by atoms with Gasteiger partial charge in [-0.15, -0.1) is 0 Å². The minimum Gasteiger partial charge on any atom is -0.493 e. The molecule has 1 aliphatic heterocycles. The third kappa shape index (κ3) is 3.86. The van der Waals surface area contributed by atoms with Crippen LogP contribution in [0.15, 0.2) is 47.4 Å². The summed E-state index contributed by atoms with van der Waals surface area (Å²) in [6.07, 6.45) is 1.17. The highest BCUT2D eigenvalue weighted by atomic mass is 16.5. The van der Waals surface area contributed by atoms with E-state index in [2.05, 4.69) is 0 Å². The summed E-state index contributed by atoms with van der Waals surface area (Å²) in [6.45, 7) is 7.92. The Morgan fingerprint density at radius 2 is 1.94 bits per heavy atom. The first-order valence-electron chi connectivity index (χ1n) is 11.6. The zero-order valence-corrected chi connectivity index (χ0v) is 20.5. The molecule has 0 bridgehead atoms. The van der Waals surface area contributed by atoms with Gasteiger partial charge >= 0.3 is 5.97 Å². The van der Waals surface area contributed by atoms with Crippen molar-refractivity contribution in [2.24, 2.45) is 7.05 Å². The predicted molar refractivity (Wildman–Crippen MR) is 135 cm³/mol. The second-order valence-electron chi connectivity index (χ2n) is 10.0. The van der Waals surface area contributed by atoms with E-state index in [1.807, 2.05) is 43.3 Å². The molecule has 7 heteroatoms. The van der Waals surface area contributed by atoms with Crippen LogP contribution in [0.3, 0.4) is 0 Å². The van der Waals surface area contributed by atoms with Crippen LogP contribution in [0.25, 0.3) is 32.8 Å². The topological polar surface area (TPSA) is 90.7 Å². The van der Waals surface area contributed by atoms with Gasteiger partial charge in [0.05, 0.1) is 23.4 Å². The number of benzene rings is 2. The molecule has 1 aliphatic rings. The first kappa shape index (κ1) is 23.1. The Balaban J connectivity index is 1.96. The molecule has 3 heterocycles. The summed E-state index contributed by atoms with van der Waals surface area (Å²) < 4.78 is 13.4. The number of nitrogens with zero attached hydrogens (tertiary/aromatic N) is 2. The van der Waals surface area contributed by atoms with Gasteiger partial charge in [-0.1, -0.05) is 17.7 Å². The fourth-order valence-corrected chi connectivity index (χ4v) is 4.92. The summed E-state index contributed by atoms with van der Waals surface area (Å²) in [4.78, 5) is 30.8. The van der Waals surface area contributed by atoms with Crippen LogP contribution in [-0.2, 0) is 23.0 Å². The van der Waals surface area contributed by atoms with Gasteiger partial charge in [-0.05, 0) is 62.9 Å². The number of hydrogen-bond acceptors (Lipinski definition) is 5. The van der Waals surface area contributed by atoms with E-state index in [0.717, 1.165) is 34.2 Å². The molecule has 7 nitrogen and oxygen atoms in total. The van der Waals surface area contributed by atoms with E-state index in [-0.39, 0.29) is 11.3 Å². The number of hydrogen-bond donors (Lipinski definition) is 1. The summed E-state index contributed by atoms with van der Waals surface area (Å²) >= 11 is 0. The average molecular weight is 473 g/mol. The lowest BCUT2D eigenvalue weighted by Gasteiger charge is -2.29. The van der Waals surface area contributed by atoms with Crippen LogP contribution < -0.4 is 10.3 Å². The zero-order chi connectivity index (χ0) is 25.1. The van der Waals surface area contributed by atoms with Gasteiger partial charge in [0.15, 0.2) is 6.10 Å². The molecule has 2 aromatic heterocycles. The van der Waals surface area contributed by atoms with Gasteiger partial charge < -0.3 is 19.1 Å². The number of rotatable bonds is 4. The van der Waals surface area contributed by atoms with E-state index in [0.29, 0.717) is 28.5 Å². The molecule has 0 aliphatic carbocycles. The van der Waals surface area contributed by atoms with Gasteiger partial charge in [0.2, 0.25) is 0 Å². The Kier molecular flexibility index (Phi) is 5.40. The van der Waals surface area contributed by atoms with Crippen molar-refractivity contribution in [3.05, 3.63) is 69.8 Å². The first-order valence-corrected chi connectivity index (χ1v) is 11.6. The molecule has 0 saturated carbocycles. The normalized spacial score (nSPS) is 14.2. The van der Waals surface area contributed by atoms with Crippen LogP contribution in [-0.4, -0.2) is 32.8 Å². The highest BCUT2D eigenvalue weighted by Gasteiger charge is 2.34. The van der Waals surface area contributed by atoms with Crippen molar-refractivity contribution in [2.45, 2.75) is 45.8 Å². The SMILES string of the molecule is Cc1ccc2c(-c3ccc4c5c(ccnc35)CCO4)c([C@H](OC(C)(C)C)C(=O)O)n(C)c(=O)c2c1. The molecule has 0 unspecified atom stereocenters. The summed E-state index contributed by atoms with van der Waals surface area (Å²) in [7, 11) is 1.60. The maximum atomic E-state index is 13.5. The van der Waals surface area contributed by atoms with E-state index < -0.39 is 17.7 Å². The molecule has 1 N–H and O–H groups in total. The number of aryl methyl sites for hydroxylation is 1. The lowest BCUT2D eigenvalue weighted by atomic mass is 9.90. The number of ether oxygens (including phenoxy) is 2. The van der Waals surface area contributed by atoms with Gasteiger partial charge in [0.1, 0.15) is 5.75 Å². The molecule has 35 heavy (non-hydrogen) atoms. The summed E-state index contributed by atoms with van der Waals surface area (Å²) in [5, 5.41) is 12.4. The molecule has 180 valence electrons. The molecule has 2 aromatic carbocycles. The molecular weight excluding hydrogens is 444 g/mol. The first-order chi connectivity index (χ1) is 16.6. The lowest BCUT2D eigenvalue weighted by molar-refractivity contribution is -0.161. The summed E-state index contributed by atoms with van der Waals surface area (Å²) in [6, 6.07) is 11.4. The van der Waals surface area contributed by atoms with Crippen molar-refractivity contribution < 1.29 is 19.4 Å². The van der Waals surface area contributed by atoms with E-state index >= 15 is 0 Å². The maximum Gasteiger partial charge on any atom is 0.339 e. The average Bonchev–Trinajstić information content (AvgIpc) is 2.80. The largest absolute Gasteiger partial charge is 0.493 e. The molecule has 0 fully saturated rings. The van der Waals surface area contributed by atoms with Crippen LogP contribution in [0.2, 0.25) is 0 Å². The van der Waals surface area contributed by atoms with Crippen molar-refractivity contribution in [3.8, 4) is 16.9 Å². The number of carboxylic acid groups (broad SMARTS) is 1. The third-order valence-corrected chi connectivity index (χ3v) is 6.38. The predicted octanol–water partition coefficient (Wildman–Crippen LogP) is 4.94. The minimum absolute atomic E-state index is 0.273. The van der Waals surface area contributed by atoms with E-state index in [1.54, 1.807) is 34.0 Å². The molecule has 0 spiro atoms. The number of pyridine rings is 2. The van der Waals surface area contributed by atoms with Crippen LogP contribution in [0.1, 0.15) is 43.7 Å². The van der Waals surface area contributed by atoms with Crippen LogP contribution >= 0.6 is 0 Å². The Labute approximate surface area is 202 Å². The van der Waals surface area contributed by atoms with Crippen molar-refractivity contribution >= 4 is 27.6 Å². The molecule has 5 rings (SSSR count). The number of aromatic nitrogens is 2. The Morgan fingerprint density at radius 3 is 2.66 bits per heavy atom. The number of fused-ring (bicyclic) bond motifs is 1. The third-order valence-electron chi connectivity index (χ3n) is 6.38. The van der Waals surface area contributed by atoms with Crippen molar-refractivity contribution in [2.75, 3.05) is 6.61 Å². The van der Waals surface area contributed by atoms with E-state index in [4.69, 9.17) is 14.5 Å². The number of aliphatic carboxylic acids is 1. The van der Waals surface area contributed by atoms with Crippen LogP contribution in [0.4, 0.5) is 0 Å². The van der Waals surface area contributed by atoms with Gasteiger partial charge in [-0.2, -0.15) is 0 Å². The molecule has 0 radical (unpaired) electrons.